The van der Waals surface area contributed by atoms with Crippen LogP contribution in [0.1, 0.15) is 26.5 Å². The van der Waals surface area contributed by atoms with E-state index in [-0.39, 0.29) is 22.7 Å². The van der Waals surface area contributed by atoms with Crippen molar-refractivity contribution >= 4 is 50.0 Å². The number of hydrogen-bond acceptors (Lipinski definition) is 6. The Morgan fingerprint density at radius 3 is 2.50 bits per heavy atom. The van der Waals surface area contributed by atoms with Crippen molar-refractivity contribution in [2.75, 3.05) is 12.4 Å². The van der Waals surface area contributed by atoms with Crippen LogP contribution >= 0.6 is 15.9 Å². The fourth-order valence-electron chi connectivity index (χ4n) is 3.27. The lowest BCUT2D eigenvalue weighted by atomic mass is 10.1. The number of furan rings is 1. The number of methoxy groups -OCH3 is 1. The molecule has 0 aliphatic carbocycles. The van der Waals surface area contributed by atoms with E-state index in [1.54, 1.807) is 42.5 Å². The second-order valence-corrected chi connectivity index (χ2v) is 7.56. The molecule has 0 unspecified atom stereocenters. The number of nitro benzene ring substituents is 1. The number of fused-ring (bicyclic) bond motifs is 1. The lowest BCUT2D eigenvalue weighted by Crippen LogP contribution is -2.16. The zero-order valence-corrected chi connectivity index (χ0v) is 18.2. The van der Waals surface area contributed by atoms with Crippen LogP contribution < -0.4 is 10.1 Å². The van der Waals surface area contributed by atoms with Crippen LogP contribution in [0, 0.1) is 10.1 Å². The van der Waals surface area contributed by atoms with Crippen molar-refractivity contribution in [3.63, 3.8) is 0 Å². The molecule has 1 aromatic heterocycles. The van der Waals surface area contributed by atoms with Gasteiger partial charge in [0.1, 0.15) is 16.9 Å². The van der Waals surface area contributed by atoms with E-state index in [1.165, 1.54) is 31.4 Å². The first kappa shape index (κ1) is 21.3. The van der Waals surface area contributed by atoms with E-state index in [1.807, 2.05) is 0 Å². The molecule has 1 heterocycles. The van der Waals surface area contributed by atoms with E-state index in [0.29, 0.717) is 26.8 Å². The number of rotatable bonds is 6. The smallest absolute Gasteiger partial charge is 0.282 e. The molecule has 0 aliphatic rings. The molecule has 160 valence electrons. The number of amides is 1. The van der Waals surface area contributed by atoms with Gasteiger partial charge in [-0.05, 0) is 52.3 Å². The summed E-state index contributed by atoms with van der Waals surface area (Å²) in [5.41, 5.74) is 0.359. The molecule has 8 nitrogen and oxygen atoms in total. The Morgan fingerprint density at radius 1 is 1.06 bits per heavy atom. The fraction of sp³-hybridized carbons (Fsp3) is 0.0435. The Hall–Kier alpha value is -3.98. The highest BCUT2D eigenvalue weighted by atomic mass is 79.9. The molecule has 0 saturated carbocycles. The Morgan fingerprint density at radius 2 is 1.78 bits per heavy atom. The molecule has 4 rings (SSSR count). The summed E-state index contributed by atoms with van der Waals surface area (Å²) in [6.45, 7) is 0. The largest absolute Gasteiger partial charge is 0.496 e. The monoisotopic (exact) mass is 494 g/mol. The van der Waals surface area contributed by atoms with Crippen molar-refractivity contribution in [2.45, 2.75) is 0 Å². The first-order valence-electron chi connectivity index (χ1n) is 9.35. The molecule has 4 aromatic rings. The highest BCUT2D eigenvalue weighted by molar-refractivity contribution is 9.10. The standard InChI is InChI=1S/C23H15BrN2O6/c1-31-19-11-10-13(12-16(19)24)21(27)22-20(15-7-3-5-9-18(15)32-22)25-23(28)14-6-2-4-8-17(14)26(29)30/h2-12H,1H3,(H,25,28). The third-order valence-corrected chi connectivity index (χ3v) is 5.42. The number of benzene rings is 3. The molecule has 0 bridgehead atoms. The average Bonchev–Trinajstić information content (AvgIpc) is 3.16. The molecule has 0 atom stereocenters. The van der Waals surface area contributed by atoms with Crippen LogP contribution in [0.15, 0.2) is 75.6 Å². The van der Waals surface area contributed by atoms with Crippen LogP contribution in [0.2, 0.25) is 0 Å². The Labute approximate surface area is 190 Å². The SMILES string of the molecule is COc1ccc(C(=O)c2oc3ccccc3c2NC(=O)c2ccccc2[N+](=O)[O-])cc1Br. The van der Waals surface area contributed by atoms with Crippen molar-refractivity contribution in [2.24, 2.45) is 0 Å². The van der Waals surface area contributed by atoms with Gasteiger partial charge in [-0.25, -0.2) is 0 Å². The summed E-state index contributed by atoms with van der Waals surface area (Å²) in [7, 11) is 1.51. The van der Waals surface area contributed by atoms with Gasteiger partial charge in [-0.2, -0.15) is 0 Å². The molecule has 32 heavy (non-hydrogen) atoms. The predicted molar refractivity (Wildman–Crippen MR) is 121 cm³/mol. The predicted octanol–water partition coefficient (Wildman–Crippen LogP) is 5.60. The number of hydrogen-bond donors (Lipinski definition) is 1. The van der Waals surface area contributed by atoms with E-state index >= 15 is 0 Å². The number of ether oxygens (including phenoxy) is 1. The summed E-state index contributed by atoms with van der Waals surface area (Å²) in [5, 5.41) is 14.5. The maximum atomic E-state index is 13.3. The molecule has 0 radical (unpaired) electrons. The Bertz CT molecular complexity index is 1380. The van der Waals surface area contributed by atoms with Crippen LogP contribution in [0.5, 0.6) is 5.75 Å². The molecule has 3 aromatic carbocycles. The molecule has 0 spiro atoms. The molecule has 0 fully saturated rings. The van der Waals surface area contributed by atoms with Gasteiger partial charge in [-0.3, -0.25) is 19.7 Å². The van der Waals surface area contributed by atoms with Gasteiger partial charge < -0.3 is 14.5 Å². The minimum absolute atomic E-state index is 0.0878. The Kier molecular flexibility index (Phi) is 5.74. The van der Waals surface area contributed by atoms with Crippen LogP contribution in [-0.4, -0.2) is 23.7 Å². The summed E-state index contributed by atoms with van der Waals surface area (Å²) in [5.74, 6) is -0.734. The summed E-state index contributed by atoms with van der Waals surface area (Å²) in [6.07, 6.45) is 0. The van der Waals surface area contributed by atoms with Crippen molar-refractivity contribution in [3.05, 3.63) is 98.2 Å². The van der Waals surface area contributed by atoms with Gasteiger partial charge in [0.05, 0.1) is 22.2 Å². The lowest BCUT2D eigenvalue weighted by Gasteiger charge is -2.08. The number of nitro groups is 1. The third-order valence-electron chi connectivity index (χ3n) is 4.80. The lowest BCUT2D eigenvalue weighted by molar-refractivity contribution is -0.385. The van der Waals surface area contributed by atoms with Crippen molar-refractivity contribution in [1.82, 2.24) is 0 Å². The first-order chi connectivity index (χ1) is 15.4. The molecule has 1 amide bonds. The van der Waals surface area contributed by atoms with E-state index in [4.69, 9.17) is 9.15 Å². The molecule has 9 heteroatoms. The van der Waals surface area contributed by atoms with E-state index in [9.17, 15) is 19.7 Å². The number of nitrogens with zero attached hydrogens (tertiary/aromatic N) is 1. The minimum atomic E-state index is -0.728. The number of carbonyl (C=O) groups excluding carboxylic acids is 2. The quantitative estimate of drug-likeness (QED) is 0.212. The number of carbonyl (C=O) groups is 2. The van der Waals surface area contributed by atoms with Gasteiger partial charge in [0.2, 0.25) is 5.78 Å². The van der Waals surface area contributed by atoms with Gasteiger partial charge in [-0.15, -0.1) is 0 Å². The number of nitrogens with one attached hydrogen (secondary N) is 1. The zero-order chi connectivity index (χ0) is 22.8. The zero-order valence-electron chi connectivity index (χ0n) is 16.6. The van der Waals surface area contributed by atoms with Crippen molar-refractivity contribution in [3.8, 4) is 5.75 Å². The van der Waals surface area contributed by atoms with Gasteiger partial charge in [0.25, 0.3) is 11.6 Å². The van der Waals surface area contributed by atoms with E-state index in [0.717, 1.165) is 0 Å². The number of anilines is 1. The summed E-state index contributed by atoms with van der Waals surface area (Å²) in [6, 6.07) is 17.2. The second kappa shape index (κ2) is 8.64. The molecule has 1 N–H and O–H groups in total. The summed E-state index contributed by atoms with van der Waals surface area (Å²) < 4.78 is 11.6. The molecule has 0 saturated heterocycles. The number of halogens is 1. The average molecular weight is 495 g/mol. The third kappa shape index (κ3) is 3.85. The Balaban J connectivity index is 1.79. The maximum Gasteiger partial charge on any atom is 0.282 e. The van der Waals surface area contributed by atoms with Crippen molar-refractivity contribution < 1.29 is 23.7 Å². The first-order valence-corrected chi connectivity index (χ1v) is 10.1. The molecular weight excluding hydrogens is 480 g/mol. The van der Waals surface area contributed by atoms with Crippen LogP contribution in [-0.2, 0) is 0 Å². The van der Waals surface area contributed by atoms with Gasteiger partial charge in [-0.1, -0.05) is 24.3 Å². The summed E-state index contributed by atoms with van der Waals surface area (Å²) in [4.78, 5) is 36.9. The van der Waals surface area contributed by atoms with Crippen LogP contribution in [0.25, 0.3) is 11.0 Å². The molecule has 0 aliphatic heterocycles. The minimum Gasteiger partial charge on any atom is -0.496 e. The van der Waals surface area contributed by atoms with Gasteiger partial charge in [0, 0.05) is 17.0 Å². The van der Waals surface area contributed by atoms with Crippen molar-refractivity contribution in [1.29, 1.82) is 0 Å². The fourth-order valence-corrected chi connectivity index (χ4v) is 3.81. The number of ketones is 1. The van der Waals surface area contributed by atoms with Crippen LogP contribution in [0.4, 0.5) is 11.4 Å². The maximum absolute atomic E-state index is 13.3. The number of para-hydroxylation sites is 2. The van der Waals surface area contributed by atoms with Gasteiger partial charge in [0.15, 0.2) is 5.76 Å². The second-order valence-electron chi connectivity index (χ2n) is 6.71. The topological polar surface area (TPSA) is 112 Å². The molecular formula is C23H15BrN2O6. The van der Waals surface area contributed by atoms with Crippen LogP contribution in [0.3, 0.4) is 0 Å². The normalized spacial score (nSPS) is 10.7. The highest BCUT2D eigenvalue weighted by Crippen LogP contribution is 2.34. The highest BCUT2D eigenvalue weighted by Gasteiger charge is 2.26. The van der Waals surface area contributed by atoms with E-state index < -0.39 is 16.6 Å². The summed E-state index contributed by atoms with van der Waals surface area (Å²) >= 11 is 3.35. The van der Waals surface area contributed by atoms with E-state index in [2.05, 4.69) is 21.2 Å². The van der Waals surface area contributed by atoms with Gasteiger partial charge >= 0.3 is 0 Å².